The van der Waals surface area contributed by atoms with Gasteiger partial charge in [-0.3, -0.25) is 4.79 Å². The molecule has 0 aliphatic heterocycles. The Morgan fingerprint density at radius 1 is 1.22 bits per heavy atom. The number of nitrogens with zero attached hydrogens (tertiary/aromatic N) is 1. The zero-order valence-electron chi connectivity index (χ0n) is 13.8. The minimum atomic E-state index is -0.137. The Bertz CT molecular complexity index is 708. The molecule has 0 bridgehead atoms. The van der Waals surface area contributed by atoms with Crippen molar-refractivity contribution in [2.75, 3.05) is 6.61 Å². The molecule has 0 saturated heterocycles. The molecule has 2 aromatic carbocycles. The van der Waals surface area contributed by atoms with Crippen LogP contribution in [-0.2, 0) is 11.2 Å². The third kappa shape index (κ3) is 4.95. The van der Waals surface area contributed by atoms with Crippen molar-refractivity contribution in [1.82, 2.24) is 5.43 Å². The fraction of sp³-hybridized carbons (Fsp3) is 0.263. The fourth-order valence-electron chi connectivity index (χ4n) is 2.30. The molecule has 0 fully saturated rings. The first-order valence-electron chi connectivity index (χ1n) is 7.70. The molecule has 4 heteroatoms. The highest BCUT2D eigenvalue weighted by atomic mass is 16.5. The molecule has 0 heterocycles. The quantitative estimate of drug-likeness (QED) is 0.657. The van der Waals surface area contributed by atoms with Gasteiger partial charge in [0, 0.05) is 5.56 Å². The van der Waals surface area contributed by atoms with E-state index in [4.69, 9.17) is 4.74 Å². The Kier molecular flexibility index (Phi) is 5.92. The summed E-state index contributed by atoms with van der Waals surface area (Å²) < 4.78 is 5.51. The third-order valence-corrected chi connectivity index (χ3v) is 3.46. The number of para-hydroxylation sites is 1. The van der Waals surface area contributed by atoms with Crippen molar-refractivity contribution >= 4 is 12.1 Å². The monoisotopic (exact) mass is 310 g/mol. The summed E-state index contributed by atoms with van der Waals surface area (Å²) in [7, 11) is 0. The lowest BCUT2D eigenvalue weighted by atomic mass is 10.0. The van der Waals surface area contributed by atoms with Crippen molar-refractivity contribution in [2.24, 2.45) is 5.10 Å². The van der Waals surface area contributed by atoms with Crippen LogP contribution in [0.25, 0.3) is 0 Å². The summed E-state index contributed by atoms with van der Waals surface area (Å²) in [6.45, 7) is 6.57. The largest absolute Gasteiger partial charge is 0.493 e. The van der Waals surface area contributed by atoms with Gasteiger partial charge in [-0.15, -0.1) is 0 Å². The van der Waals surface area contributed by atoms with Gasteiger partial charge in [0.15, 0.2) is 0 Å². The SMILES string of the molecule is CCOc1ccccc1/C=N\NC(=O)Cc1ccc(C)cc1C. The Hall–Kier alpha value is -2.62. The number of nitrogens with one attached hydrogen (secondary N) is 1. The topological polar surface area (TPSA) is 50.7 Å². The number of hydrazone groups is 1. The number of carbonyl (C=O) groups is 1. The molecule has 0 aliphatic carbocycles. The molecular weight excluding hydrogens is 288 g/mol. The van der Waals surface area contributed by atoms with Gasteiger partial charge in [0.25, 0.3) is 0 Å². The average Bonchev–Trinajstić information content (AvgIpc) is 2.52. The summed E-state index contributed by atoms with van der Waals surface area (Å²) in [4.78, 5) is 12.0. The van der Waals surface area contributed by atoms with Crippen molar-refractivity contribution in [3.05, 3.63) is 64.7 Å². The van der Waals surface area contributed by atoms with E-state index < -0.39 is 0 Å². The second kappa shape index (κ2) is 8.13. The molecular formula is C19H22N2O2. The van der Waals surface area contributed by atoms with E-state index in [0.29, 0.717) is 13.0 Å². The highest BCUT2D eigenvalue weighted by molar-refractivity contribution is 5.85. The molecule has 0 aliphatic rings. The van der Waals surface area contributed by atoms with E-state index in [2.05, 4.69) is 16.6 Å². The Morgan fingerprint density at radius 2 is 2.00 bits per heavy atom. The van der Waals surface area contributed by atoms with Crippen molar-refractivity contribution in [3.8, 4) is 5.75 Å². The second-order valence-electron chi connectivity index (χ2n) is 5.37. The predicted molar refractivity (Wildman–Crippen MR) is 93.0 cm³/mol. The normalized spacial score (nSPS) is 10.7. The number of ether oxygens (including phenoxy) is 1. The van der Waals surface area contributed by atoms with Crippen LogP contribution in [0, 0.1) is 13.8 Å². The highest BCUT2D eigenvalue weighted by Crippen LogP contribution is 2.15. The van der Waals surface area contributed by atoms with Crippen LogP contribution in [0.4, 0.5) is 0 Å². The molecule has 2 aromatic rings. The van der Waals surface area contributed by atoms with Crippen molar-refractivity contribution in [1.29, 1.82) is 0 Å². The van der Waals surface area contributed by atoms with Crippen molar-refractivity contribution < 1.29 is 9.53 Å². The van der Waals surface area contributed by atoms with Crippen LogP contribution in [0.5, 0.6) is 5.75 Å². The third-order valence-electron chi connectivity index (χ3n) is 3.46. The van der Waals surface area contributed by atoms with E-state index in [1.165, 1.54) is 5.56 Å². The van der Waals surface area contributed by atoms with Gasteiger partial charge in [0.2, 0.25) is 5.91 Å². The molecule has 0 atom stereocenters. The molecule has 0 radical (unpaired) electrons. The van der Waals surface area contributed by atoms with E-state index in [9.17, 15) is 4.79 Å². The second-order valence-corrected chi connectivity index (χ2v) is 5.37. The molecule has 0 spiro atoms. The lowest BCUT2D eigenvalue weighted by Gasteiger charge is -2.07. The number of aryl methyl sites for hydroxylation is 2. The maximum atomic E-state index is 12.0. The number of hydrogen-bond acceptors (Lipinski definition) is 3. The number of rotatable bonds is 6. The molecule has 120 valence electrons. The smallest absolute Gasteiger partial charge is 0.244 e. The Morgan fingerprint density at radius 3 is 2.74 bits per heavy atom. The van der Waals surface area contributed by atoms with Gasteiger partial charge in [0.05, 0.1) is 19.2 Å². The van der Waals surface area contributed by atoms with Gasteiger partial charge in [-0.1, -0.05) is 35.9 Å². The Labute approximate surface area is 137 Å². The van der Waals surface area contributed by atoms with E-state index >= 15 is 0 Å². The molecule has 1 amide bonds. The van der Waals surface area contributed by atoms with Crippen LogP contribution in [0.3, 0.4) is 0 Å². The minimum absolute atomic E-state index is 0.137. The van der Waals surface area contributed by atoms with Crippen LogP contribution >= 0.6 is 0 Å². The van der Waals surface area contributed by atoms with Gasteiger partial charge in [-0.25, -0.2) is 5.43 Å². The van der Waals surface area contributed by atoms with Gasteiger partial charge < -0.3 is 4.74 Å². The van der Waals surface area contributed by atoms with E-state index in [1.54, 1.807) is 6.21 Å². The molecule has 4 nitrogen and oxygen atoms in total. The van der Waals surface area contributed by atoms with Crippen LogP contribution in [-0.4, -0.2) is 18.7 Å². The van der Waals surface area contributed by atoms with Crippen LogP contribution in [0.2, 0.25) is 0 Å². The lowest BCUT2D eigenvalue weighted by molar-refractivity contribution is -0.120. The zero-order valence-corrected chi connectivity index (χ0v) is 13.8. The maximum absolute atomic E-state index is 12.0. The molecule has 23 heavy (non-hydrogen) atoms. The highest BCUT2D eigenvalue weighted by Gasteiger charge is 2.05. The van der Waals surface area contributed by atoms with Gasteiger partial charge in [-0.05, 0) is 44.0 Å². The van der Waals surface area contributed by atoms with Crippen molar-refractivity contribution in [2.45, 2.75) is 27.2 Å². The molecule has 2 rings (SSSR count). The summed E-state index contributed by atoms with van der Waals surface area (Å²) in [6.07, 6.45) is 1.92. The standard InChI is InChI=1S/C19H22N2O2/c1-4-23-18-8-6-5-7-17(18)13-20-21-19(22)12-16-10-9-14(2)11-15(16)3/h5-11,13H,4,12H2,1-3H3,(H,21,22)/b20-13-. The van der Waals surface area contributed by atoms with Gasteiger partial charge in [-0.2, -0.15) is 5.10 Å². The fourth-order valence-corrected chi connectivity index (χ4v) is 2.30. The molecule has 1 N–H and O–H groups in total. The predicted octanol–water partition coefficient (Wildman–Crippen LogP) is 3.39. The first-order valence-corrected chi connectivity index (χ1v) is 7.70. The van der Waals surface area contributed by atoms with Gasteiger partial charge >= 0.3 is 0 Å². The number of carbonyl (C=O) groups excluding carboxylic acids is 1. The van der Waals surface area contributed by atoms with E-state index in [0.717, 1.165) is 22.4 Å². The van der Waals surface area contributed by atoms with E-state index in [1.807, 2.05) is 57.2 Å². The lowest BCUT2D eigenvalue weighted by Crippen LogP contribution is -2.20. The van der Waals surface area contributed by atoms with Crippen LogP contribution in [0.15, 0.2) is 47.6 Å². The first kappa shape index (κ1) is 16.7. The zero-order chi connectivity index (χ0) is 16.7. The number of benzene rings is 2. The van der Waals surface area contributed by atoms with Crippen molar-refractivity contribution in [3.63, 3.8) is 0 Å². The number of amides is 1. The summed E-state index contributed by atoms with van der Waals surface area (Å²) in [5, 5.41) is 4.02. The van der Waals surface area contributed by atoms with Gasteiger partial charge in [0.1, 0.15) is 5.75 Å². The maximum Gasteiger partial charge on any atom is 0.244 e. The summed E-state index contributed by atoms with van der Waals surface area (Å²) >= 11 is 0. The van der Waals surface area contributed by atoms with Crippen LogP contribution < -0.4 is 10.2 Å². The first-order chi connectivity index (χ1) is 11.1. The molecule has 0 saturated carbocycles. The molecule has 0 aromatic heterocycles. The van der Waals surface area contributed by atoms with E-state index in [-0.39, 0.29) is 5.91 Å². The summed E-state index contributed by atoms with van der Waals surface area (Å²) in [5.41, 5.74) is 6.72. The molecule has 0 unspecified atom stereocenters. The Balaban J connectivity index is 1.96. The summed E-state index contributed by atoms with van der Waals surface area (Å²) in [5.74, 6) is 0.615. The van der Waals surface area contributed by atoms with Crippen LogP contribution in [0.1, 0.15) is 29.2 Å². The average molecular weight is 310 g/mol. The minimum Gasteiger partial charge on any atom is -0.493 e. The number of hydrogen-bond donors (Lipinski definition) is 1. The summed E-state index contributed by atoms with van der Waals surface area (Å²) in [6, 6.07) is 13.6.